The Bertz CT molecular complexity index is 1250. The normalized spacial score (nSPS) is 11.7. The number of aryl methyl sites for hydroxylation is 1. The van der Waals surface area contributed by atoms with Crippen LogP contribution in [-0.4, -0.2) is 51.1 Å². The van der Waals surface area contributed by atoms with Gasteiger partial charge in [0.2, 0.25) is 0 Å². The number of nitrogens with zero attached hydrogens (tertiary/aromatic N) is 4. The largest absolute Gasteiger partial charge is 0.490 e. The van der Waals surface area contributed by atoms with Gasteiger partial charge in [-0.2, -0.15) is 5.26 Å². The van der Waals surface area contributed by atoms with Gasteiger partial charge in [-0.25, -0.2) is 4.98 Å². The summed E-state index contributed by atoms with van der Waals surface area (Å²) < 4.78 is 7.75. The lowest BCUT2D eigenvalue weighted by atomic mass is 9.96. The summed E-state index contributed by atoms with van der Waals surface area (Å²) >= 11 is 0. The van der Waals surface area contributed by atoms with E-state index in [0.717, 1.165) is 22.6 Å². The highest BCUT2D eigenvalue weighted by Gasteiger charge is 2.21. The second-order valence-corrected chi connectivity index (χ2v) is 10.7. The van der Waals surface area contributed by atoms with Crippen LogP contribution in [0.1, 0.15) is 68.3 Å². The molecule has 2 aromatic carbocycles. The number of nitriles is 1. The van der Waals surface area contributed by atoms with Crippen molar-refractivity contribution in [3.63, 3.8) is 0 Å². The van der Waals surface area contributed by atoms with Crippen molar-refractivity contribution in [3.05, 3.63) is 71.2 Å². The lowest BCUT2D eigenvalue weighted by Crippen LogP contribution is -2.31. The highest BCUT2D eigenvalue weighted by Crippen LogP contribution is 2.26. The molecule has 0 bridgehead atoms. The number of Topliss-reactive ketones (excluding diaryl/α,β-unsaturated/α-hetero) is 1. The summed E-state index contributed by atoms with van der Waals surface area (Å²) in [5, 5.41) is 18.9. The first-order chi connectivity index (χ1) is 17.5. The number of ether oxygens (including phenoxy) is 1. The van der Waals surface area contributed by atoms with Crippen molar-refractivity contribution in [2.24, 2.45) is 7.05 Å². The minimum absolute atomic E-state index is 0.0392. The van der Waals surface area contributed by atoms with Crippen LogP contribution in [0.4, 0.5) is 0 Å². The second-order valence-electron chi connectivity index (χ2n) is 10.7. The molecule has 0 spiro atoms. The molecular formula is C30H38N4O3. The van der Waals surface area contributed by atoms with Gasteiger partial charge < -0.3 is 14.4 Å². The molecule has 3 rings (SSSR count). The van der Waals surface area contributed by atoms with E-state index in [9.17, 15) is 15.2 Å². The fourth-order valence-electron chi connectivity index (χ4n) is 4.29. The zero-order chi connectivity index (χ0) is 27.2. The number of aromatic nitrogens is 2. The predicted octanol–water partition coefficient (Wildman–Crippen LogP) is 5.11. The number of imidazole rings is 1. The number of hydrogen-bond acceptors (Lipinski definition) is 6. The first kappa shape index (κ1) is 28.1. The van der Waals surface area contributed by atoms with Crippen molar-refractivity contribution in [1.29, 1.82) is 5.26 Å². The van der Waals surface area contributed by atoms with Crippen LogP contribution in [0.2, 0.25) is 0 Å². The molecule has 0 fully saturated rings. The number of carbonyl (C=O) groups excluding carboxylic acids is 1. The molecule has 0 atom stereocenters. The Kier molecular flexibility index (Phi) is 9.25. The van der Waals surface area contributed by atoms with E-state index < -0.39 is 0 Å². The summed E-state index contributed by atoms with van der Waals surface area (Å²) in [6, 6.07) is 15.3. The fraction of sp³-hybridized carbons (Fsp3) is 0.433. The van der Waals surface area contributed by atoms with E-state index in [4.69, 9.17) is 9.72 Å². The van der Waals surface area contributed by atoms with Gasteiger partial charge in [0.15, 0.2) is 5.78 Å². The third kappa shape index (κ3) is 7.51. The molecule has 7 nitrogen and oxygen atoms in total. The minimum Gasteiger partial charge on any atom is -0.490 e. The van der Waals surface area contributed by atoms with E-state index in [1.54, 1.807) is 18.2 Å². The number of ketones is 1. The summed E-state index contributed by atoms with van der Waals surface area (Å²) in [5.41, 5.74) is 3.83. The molecule has 1 aromatic heterocycles. The van der Waals surface area contributed by atoms with Crippen LogP contribution < -0.4 is 4.74 Å². The Morgan fingerprint density at radius 1 is 1.19 bits per heavy atom. The Labute approximate surface area is 220 Å². The van der Waals surface area contributed by atoms with Crippen LogP contribution in [0.5, 0.6) is 5.75 Å². The van der Waals surface area contributed by atoms with Gasteiger partial charge in [-0.3, -0.25) is 9.69 Å². The zero-order valence-corrected chi connectivity index (χ0v) is 22.8. The van der Waals surface area contributed by atoms with Crippen LogP contribution in [0.25, 0.3) is 11.3 Å². The molecule has 1 N–H and O–H groups in total. The molecule has 0 aliphatic carbocycles. The van der Waals surface area contributed by atoms with E-state index in [-0.39, 0.29) is 30.5 Å². The van der Waals surface area contributed by atoms with Gasteiger partial charge in [0.05, 0.1) is 23.9 Å². The molecule has 0 aliphatic rings. The van der Waals surface area contributed by atoms with Crippen LogP contribution in [0.3, 0.4) is 0 Å². The molecule has 0 aliphatic heterocycles. The van der Waals surface area contributed by atoms with Crippen molar-refractivity contribution in [2.75, 3.05) is 19.7 Å². The third-order valence-corrected chi connectivity index (χ3v) is 5.99. The molecule has 7 heteroatoms. The average molecular weight is 503 g/mol. The Morgan fingerprint density at radius 3 is 2.46 bits per heavy atom. The van der Waals surface area contributed by atoms with Crippen LogP contribution in [-0.2, 0) is 19.0 Å². The Balaban J connectivity index is 1.74. The first-order valence-electron chi connectivity index (χ1n) is 12.7. The number of benzene rings is 2. The summed E-state index contributed by atoms with van der Waals surface area (Å²) in [6.45, 7) is 11.6. The lowest BCUT2D eigenvalue weighted by molar-refractivity contribution is 0.0918. The maximum Gasteiger partial charge on any atom is 0.176 e. The van der Waals surface area contributed by atoms with E-state index in [0.29, 0.717) is 36.4 Å². The summed E-state index contributed by atoms with van der Waals surface area (Å²) in [4.78, 5) is 20.0. The first-order valence-corrected chi connectivity index (χ1v) is 12.7. The van der Waals surface area contributed by atoms with Crippen molar-refractivity contribution in [1.82, 2.24) is 14.5 Å². The number of hydrogen-bond donors (Lipinski definition) is 1. The predicted molar refractivity (Wildman–Crippen MR) is 146 cm³/mol. The summed E-state index contributed by atoms with van der Waals surface area (Å²) in [5.74, 6) is 1.43. The van der Waals surface area contributed by atoms with Gasteiger partial charge in [-0.05, 0) is 44.0 Å². The molecule has 0 radical (unpaired) electrons. The van der Waals surface area contributed by atoms with Gasteiger partial charge in [0.1, 0.15) is 17.6 Å². The van der Waals surface area contributed by atoms with Gasteiger partial charge in [-0.15, -0.1) is 0 Å². The van der Waals surface area contributed by atoms with Crippen molar-refractivity contribution in [3.8, 4) is 23.1 Å². The number of aliphatic hydroxyl groups excluding tert-OH is 1. The zero-order valence-electron chi connectivity index (χ0n) is 22.8. The number of aliphatic hydroxyl groups is 1. The topological polar surface area (TPSA) is 91.4 Å². The average Bonchev–Trinajstić information content (AvgIpc) is 3.25. The molecule has 196 valence electrons. The van der Waals surface area contributed by atoms with Crippen molar-refractivity contribution in [2.45, 2.75) is 59.1 Å². The van der Waals surface area contributed by atoms with Crippen molar-refractivity contribution < 1.29 is 14.6 Å². The molecule has 37 heavy (non-hydrogen) atoms. The molecule has 0 amide bonds. The van der Waals surface area contributed by atoms with E-state index >= 15 is 0 Å². The highest BCUT2D eigenvalue weighted by molar-refractivity contribution is 5.98. The molecule has 3 aromatic rings. The summed E-state index contributed by atoms with van der Waals surface area (Å²) in [6.07, 6.45) is 2.56. The highest BCUT2D eigenvalue weighted by atomic mass is 16.5. The number of rotatable bonds is 11. The quantitative estimate of drug-likeness (QED) is 0.366. The number of carbonyl (C=O) groups is 1. The standard InChI is InChI=1S/C30H38N4O3/c1-21(2)37-28-13-12-24(16-25(28)17-31)27(36)20-34(14-7-15-35)18-22-8-10-23(11-9-22)26-19-33(6)29(32-26)30(3,4)5/h8-13,16,19,21,35H,7,14-15,18,20H2,1-6H3. The SMILES string of the molecule is CC(C)Oc1ccc(C(=O)CN(CCCO)Cc2ccc(-c3cn(C)c(C(C)(C)C)n3)cc2)cc1C#N. The van der Waals surface area contributed by atoms with Crippen LogP contribution >= 0.6 is 0 Å². The molecular weight excluding hydrogens is 464 g/mol. The molecule has 0 unspecified atom stereocenters. The van der Waals surface area contributed by atoms with E-state index in [2.05, 4.69) is 61.9 Å². The Hall–Kier alpha value is -3.47. The smallest absolute Gasteiger partial charge is 0.176 e. The fourth-order valence-corrected chi connectivity index (χ4v) is 4.29. The third-order valence-electron chi connectivity index (χ3n) is 5.99. The minimum atomic E-state index is -0.0784. The lowest BCUT2D eigenvalue weighted by Gasteiger charge is -2.22. The van der Waals surface area contributed by atoms with Gasteiger partial charge >= 0.3 is 0 Å². The van der Waals surface area contributed by atoms with E-state index in [1.165, 1.54) is 0 Å². The maximum absolute atomic E-state index is 13.1. The van der Waals surface area contributed by atoms with Gasteiger partial charge in [-0.1, -0.05) is 45.0 Å². The van der Waals surface area contributed by atoms with Crippen molar-refractivity contribution >= 4 is 5.78 Å². The second kappa shape index (κ2) is 12.2. The maximum atomic E-state index is 13.1. The van der Waals surface area contributed by atoms with Crippen LogP contribution in [0, 0.1) is 11.3 Å². The molecule has 0 saturated heterocycles. The van der Waals surface area contributed by atoms with Gasteiger partial charge in [0, 0.05) is 49.5 Å². The monoisotopic (exact) mass is 502 g/mol. The summed E-state index contributed by atoms with van der Waals surface area (Å²) in [7, 11) is 2.02. The Morgan fingerprint density at radius 2 is 1.89 bits per heavy atom. The molecule has 1 heterocycles. The van der Waals surface area contributed by atoms with Crippen LogP contribution in [0.15, 0.2) is 48.7 Å². The molecule has 0 saturated carbocycles. The van der Waals surface area contributed by atoms with E-state index in [1.807, 2.05) is 25.8 Å². The van der Waals surface area contributed by atoms with Gasteiger partial charge in [0.25, 0.3) is 0 Å².